The van der Waals surface area contributed by atoms with E-state index in [0.29, 0.717) is 18.7 Å². The van der Waals surface area contributed by atoms with Crippen LogP contribution in [0.3, 0.4) is 0 Å². The molecule has 0 bridgehead atoms. The summed E-state index contributed by atoms with van der Waals surface area (Å²) in [7, 11) is 0. The second-order valence-electron chi connectivity index (χ2n) is 5.50. The fourth-order valence-corrected chi connectivity index (χ4v) is 2.61. The highest BCUT2D eigenvalue weighted by molar-refractivity contribution is 6.07. The molecule has 0 spiro atoms. The van der Waals surface area contributed by atoms with Crippen LogP contribution < -0.4 is 0 Å². The molecule has 0 radical (unpaired) electrons. The molecule has 1 heterocycles. The monoisotopic (exact) mass is 341 g/mol. The summed E-state index contributed by atoms with van der Waals surface area (Å²) in [5.41, 5.74) is 2.38. The summed E-state index contributed by atoms with van der Waals surface area (Å²) in [4.78, 5) is 19.1. The normalized spacial score (nSPS) is 12.1. The number of carboxylic acid groups (broad SMARTS) is 2. The highest BCUT2D eigenvalue weighted by Gasteiger charge is 2.10. The van der Waals surface area contributed by atoms with E-state index in [1.807, 2.05) is 19.1 Å². The first kappa shape index (κ1) is 18.2. The van der Waals surface area contributed by atoms with Crippen LogP contribution in [0.25, 0.3) is 21.8 Å². The standard InChI is InChI=1S/C15H15NO.C4H4O4/c1-11(17)10-16-14-8-4-2-6-12(14)13-7-3-5-9-15(13)16;5-3(6)1-2-4(7)8/h2-9,11,17H,10H2,1H3;1-2H,(H,5,6)(H,7,8)/b;2-1+. The van der Waals surface area contributed by atoms with E-state index in [1.54, 1.807) is 0 Å². The van der Waals surface area contributed by atoms with E-state index in [-0.39, 0.29) is 6.10 Å². The minimum atomic E-state index is -1.26. The molecule has 0 aliphatic carbocycles. The van der Waals surface area contributed by atoms with E-state index in [2.05, 4.69) is 41.0 Å². The number of hydrogen-bond acceptors (Lipinski definition) is 3. The number of aliphatic hydroxyl groups excluding tert-OH is 1. The molecule has 3 aromatic rings. The smallest absolute Gasteiger partial charge is 0.328 e. The number of aliphatic hydroxyl groups is 1. The number of benzene rings is 2. The highest BCUT2D eigenvalue weighted by atomic mass is 16.4. The Morgan fingerprint density at radius 2 is 1.32 bits per heavy atom. The second-order valence-corrected chi connectivity index (χ2v) is 5.50. The molecule has 0 amide bonds. The van der Waals surface area contributed by atoms with Gasteiger partial charge in [-0.1, -0.05) is 36.4 Å². The van der Waals surface area contributed by atoms with Crippen LogP contribution in [-0.4, -0.2) is 37.9 Å². The van der Waals surface area contributed by atoms with E-state index < -0.39 is 11.9 Å². The lowest BCUT2D eigenvalue weighted by Crippen LogP contribution is -2.11. The van der Waals surface area contributed by atoms with Crippen molar-refractivity contribution in [3.05, 3.63) is 60.7 Å². The lowest BCUT2D eigenvalue weighted by atomic mass is 10.2. The maximum atomic E-state index is 9.62. The lowest BCUT2D eigenvalue weighted by Gasteiger charge is -2.09. The van der Waals surface area contributed by atoms with Gasteiger partial charge in [0.25, 0.3) is 0 Å². The van der Waals surface area contributed by atoms with Gasteiger partial charge < -0.3 is 19.9 Å². The minimum Gasteiger partial charge on any atom is -0.478 e. The molecule has 25 heavy (non-hydrogen) atoms. The molecule has 0 aliphatic rings. The molecule has 0 saturated carbocycles. The second kappa shape index (κ2) is 8.12. The van der Waals surface area contributed by atoms with Crippen molar-refractivity contribution < 1.29 is 24.9 Å². The van der Waals surface area contributed by atoms with Crippen molar-refractivity contribution in [1.82, 2.24) is 4.57 Å². The Kier molecular flexibility index (Phi) is 5.92. The number of hydrogen-bond donors (Lipinski definition) is 3. The van der Waals surface area contributed by atoms with Gasteiger partial charge in [-0.15, -0.1) is 0 Å². The molecule has 1 atom stereocenters. The molecule has 1 aromatic heterocycles. The van der Waals surface area contributed by atoms with Gasteiger partial charge in [-0.05, 0) is 19.1 Å². The third-order valence-corrected chi connectivity index (χ3v) is 3.50. The van der Waals surface area contributed by atoms with Crippen LogP contribution in [0, 0.1) is 0 Å². The molecule has 0 saturated heterocycles. The molecule has 3 N–H and O–H groups in total. The largest absolute Gasteiger partial charge is 0.478 e. The SMILES string of the molecule is CC(O)Cn1c2ccccc2c2ccccc21.O=C(O)/C=C/C(=O)O. The third-order valence-electron chi connectivity index (χ3n) is 3.50. The fourth-order valence-electron chi connectivity index (χ4n) is 2.61. The van der Waals surface area contributed by atoms with Crippen LogP contribution in [0.5, 0.6) is 0 Å². The first-order valence-electron chi connectivity index (χ1n) is 7.68. The summed E-state index contributed by atoms with van der Waals surface area (Å²) >= 11 is 0. The quantitative estimate of drug-likeness (QED) is 0.634. The first-order chi connectivity index (χ1) is 11.9. The first-order valence-corrected chi connectivity index (χ1v) is 7.68. The number of aromatic nitrogens is 1. The Morgan fingerprint density at radius 1 is 0.920 bits per heavy atom. The van der Waals surface area contributed by atoms with Crippen molar-refractivity contribution in [3.8, 4) is 0 Å². The fraction of sp³-hybridized carbons (Fsp3) is 0.158. The van der Waals surface area contributed by atoms with Crippen LogP contribution in [-0.2, 0) is 16.1 Å². The summed E-state index contributed by atoms with van der Waals surface area (Å²) < 4.78 is 2.19. The Labute approximate surface area is 144 Å². The van der Waals surface area contributed by atoms with Gasteiger partial charge in [-0.25, -0.2) is 9.59 Å². The molecule has 1 unspecified atom stereocenters. The highest BCUT2D eigenvalue weighted by Crippen LogP contribution is 2.28. The summed E-state index contributed by atoms with van der Waals surface area (Å²) in [6.07, 6.45) is 0.777. The number of fused-ring (bicyclic) bond motifs is 3. The molecule has 6 nitrogen and oxygen atoms in total. The number of carboxylic acids is 2. The maximum absolute atomic E-state index is 9.62. The number of aliphatic carboxylic acids is 2. The van der Waals surface area contributed by atoms with E-state index in [1.165, 1.54) is 21.8 Å². The number of rotatable bonds is 4. The van der Waals surface area contributed by atoms with Gasteiger partial charge in [0.2, 0.25) is 0 Å². The van der Waals surface area contributed by atoms with Crippen molar-refractivity contribution in [1.29, 1.82) is 0 Å². The van der Waals surface area contributed by atoms with Crippen molar-refractivity contribution in [2.24, 2.45) is 0 Å². The number of nitrogens with zero attached hydrogens (tertiary/aromatic N) is 1. The van der Waals surface area contributed by atoms with Gasteiger partial charge in [0.15, 0.2) is 0 Å². The van der Waals surface area contributed by atoms with Crippen LogP contribution in [0.4, 0.5) is 0 Å². The lowest BCUT2D eigenvalue weighted by molar-refractivity contribution is -0.134. The summed E-state index contributed by atoms with van der Waals surface area (Å²) in [6.45, 7) is 2.46. The van der Waals surface area contributed by atoms with Gasteiger partial charge in [-0.3, -0.25) is 0 Å². The molecule has 3 rings (SSSR count). The van der Waals surface area contributed by atoms with Crippen molar-refractivity contribution >= 4 is 33.7 Å². The Hall–Kier alpha value is -3.12. The van der Waals surface area contributed by atoms with Gasteiger partial charge in [-0.2, -0.15) is 0 Å². The molecular formula is C19H19NO5. The average molecular weight is 341 g/mol. The molecule has 0 fully saturated rings. The minimum absolute atomic E-state index is 0.339. The summed E-state index contributed by atoms with van der Waals surface area (Å²) in [5, 5.41) is 27.8. The molecule has 6 heteroatoms. The number of carbonyl (C=O) groups is 2. The predicted molar refractivity (Wildman–Crippen MR) is 95.5 cm³/mol. The van der Waals surface area contributed by atoms with Gasteiger partial charge >= 0.3 is 11.9 Å². The van der Waals surface area contributed by atoms with Crippen LogP contribution in [0.2, 0.25) is 0 Å². The topological polar surface area (TPSA) is 99.8 Å². The Bertz CT molecular complexity index is 855. The van der Waals surface area contributed by atoms with Gasteiger partial charge in [0.1, 0.15) is 0 Å². The Balaban J connectivity index is 0.000000242. The predicted octanol–water partition coefficient (Wildman–Crippen LogP) is 2.89. The van der Waals surface area contributed by atoms with E-state index in [4.69, 9.17) is 10.2 Å². The summed E-state index contributed by atoms with van der Waals surface area (Å²) in [5.74, 6) is -2.51. The van der Waals surface area contributed by atoms with E-state index in [0.717, 1.165) is 0 Å². The zero-order chi connectivity index (χ0) is 18.4. The van der Waals surface area contributed by atoms with Crippen LogP contribution >= 0.6 is 0 Å². The summed E-state index contributed by atoms with van der Waals surface area (Å²) in [6, 6.07) is 16.7. The zero-order valence-electron chi connectivity index (χ0n) is 13.7. The zero-order valence-corrected chi connectivity index (χ0v) is 13.7. The van der Waals surface area contributed by atoms with Gasteiger partial charge in [0.05, 0.1) is 6.10 Å². The molecule has 2 aromatic carbocycles. The third kappa shape index (κ3) is 4.68. The van der Waals surface area contributed by atoms with Crippen LogP contribution in [0.1, 0.15) is 6.92 Å². The molecule has 0 aliphatic heterocycles. The van der Waals surface area contributed by atoms with Crippen LogP contribution in [0.15, 0.2) is 60.7 Å². The van der Waals surface area contributed by atoms with Crippen molar-refractivity contribution in [2.45, 2.75) is 19.6 Å². The maximum Gasteiger partial charge on any atom is 0.328 e. The van der Waals surface area contributed by atoms with E-state index in [9.17, 15) is 14.7 Å². The van der Waals surface area contributed by atoms with E-state index >= 15 is 0 Å². The van der Waals surface area contributed by atoms with Gasteiger partial charge in [0, 0.05) is 40.5 Å². The average Bonchev–Trinajstić information content (AvgIpc) is 2.88. The Morgan fingerprint density at radius 3 is 1.68 bits per heavy atom. The van der Waals surface area contributed by atoms with Crippen molar-refractivity contribution in [2.75, 3.05) is 0 Å². The number of para-hydroxylation sites is 2. The molecular weight excluding hydrogens is 322 g/mol. The van der Waals surface area contributed by atoms with Crippen molar-refractivity contribution in [3.63, 3.8) is 0 Å². The molecule has 130 valence electrons.